The normalized spacial score (nSPS) is 14.8. The minimum atomic E-state index is -0.424. The van der Waals surface area contributed by atoms with Crippen LogP contribution in [0.25, 0.3) is 0 Å². The quantitative estimate of drug-likeness (QED) is 0.653. The first-order valence-corrected chi connectivity index (χ1v) is 10.1. The van der Waals surface area contributed by atoms with Gasteiger partial charge >= 0.3 is 5.97 Å². The van der Waals surface area contributed by atoms with Crippen molar-refractivity contribution >= 4 is 33.9 Å². The molecule has 1 aromatic heterocycles. The molecule has 1 saturated heterocycles. The van der Waals surface area contributed by atoms with E-state index in [4.69, 9.17) is 4.74 Å². The van der Waals surface area contributed by atoms with E-state index in [2.05, 4.69) is 10.2 Å². The second-order valence-corrected chi connectivity index (χ2v) is 8.18. The van der Waals surface area contributed by atoms with Crippen LogP contribution in [0.15, 0.2) is 24.3 Å². The number of phenols is 1. The molecular weight excluding hydrogens is 378 g/mol. The summed E-state index contributed by atoms with van der Waals surface area (Å²) in [6.45, 7) is 7.54. The van der Waals surface area contributed by atoms with E-state index < -0.39 is 5.97 Å². The molecule has 2 aromatic rings. The minimum Gasteiger partial charge on any atom is -0.508 e. The van der Waals surface area contributed by atoms with Crippen molar-refractivity contribution in [3.8, 4) is 5.75 Å². The molecule has 0 bridgehead atoms. The number of thiophene rings is 1. The van der Waals surface area contributed by atoms with Crippen molar-refractivity contribution in [2.45, 2.75) is 13.8 Å². The Bertz CT molecular complexity index is 855. The van der Waals surface area contributed by atoms with Gasteiger partial charge in [-0.15, -0.1) is 11.3 Å². The number of rotatable bonds is 5. The summed E-state index contributed by atoms with van der Waals surface area (Å²) in [7, 11) is 1.35. The largest absolute Gasteiger partial charge is 0.508 e. The van der Waals surface area contributed by atoms with Gasteiger partial charge in [0.05, 0.1) is 38.9 Å². The average molecular weight is 405 g/mol. The molecule has 3 N–H and O–H groups in total. The second-order valence-electron chi connectivity index (χ2n) is 6.96. The van der Waals surface area contributed by atoms with E-state index in [1.54, 1.807) is 12.1 Å². The number of benzene rings is 1. The van der Waals surface area contributed by atoms with E-state index in [1.807, 2.05) is 26.0 Å². The maximum atomic E-state index is 12.5. The first-order chi connectivity index (χ1) is 13.4. The first-order valence-electron chi connectivity index (χ1n) is 9.24. The Kier molecular flexibility index (Phi) is 6.21. The van der Waals surface area contributed by atoms with Crippen LogP contribution in [-0.2, 0) is 9.53 Å². The monoisotopic (exact) mass is 404 g/mol. The number of phenolic OH excluding ortho intramolecular Hbond substituents is 1. The standard InChI is InChI=1S/C20H25N3O4S/c1-13-14(2)28-19(18(13)20(26)27-3)21-17(25)12-22-8-10-23(11-9-22)15-4-6-16(24)7-5-15/h4-7,24H,8-12H2,1-3H3,(H,21,25)/p+1. The summed E-state index contributed by atoms with van der Waals surface area (Å²) in [4.78, 5) is 29.0. The highest BCUT2D eigenvalue weighted by Gasteiger charge is 2.25. The molecular formula is C20H26N3O4S+. The fraction of sp³-hybridized carbons (Fsp3) is 0.400. The molecule has 0 aliphatic carbocycles. The third kappa shape index (κ3) is 4.45. The predicted molar refractivity (Wildman–Crippen MR) is 110 cm³/mol. The molecule has 0 saturated carbocycles. The van der Waals surface area contributed by atoms with Crippen molar-refractivity contribution in [2.75, 3.05) is 50.1 Å². The van der Waals surface area contributed by atoms with Crippen LogP contribution in [0.4, 0.5) is 10.7 Å². The third-order valence-corrected chi connectivity index (χ3v) is 6.25. The molecule has 1 aliphatic heterocycles. The van der Waals surface area contributed by atoms with E-state index in [9.17, 15) is 14.7 Å². The van der Waals surface area contributed by atoms with Crippen LogP contribution in [0, 0.1) is 13.8 Å². The molecule has 1 aromatic carbocycles. The molecule has 8 heteroatoms. The molecule has 150 valence electrons. The zero-order chi connectivity index (χ0) is 20.3. The van der Waals surface area contributed by atoms with E-state index in [-0.39, 0.29) is 11.7 Å². The Morgan fingerprint density at radius 3 is 2.46 bits per heavy atom. The fourth-order valence-electron chi connectivity index (χ4n) is 3.38. The number of hydrogen-bond donors (Lipinski definition) is 3. The third-order valence-electron chi connectivity index (χ3n) is 5.12. The fourth-order valence-corrected chi connectivity index (χ4v) is 4.45. The van der Waals surface area contributed by atoms with Crippen molar-refractivity contribution in [3.05, 3.63) is 40.3 Å². The van der Waals surface area contributed by atoms with E-state index in [0.717, 1.165) is 42.3 Å². The minimum absolute atomic E-state index is 0.0977. The van der Waals surface area contributed by atoms with Crippen LogP contribution in [0.3, 0.4) is 0 Å². The van der Waals surface area contributed by atoms with Gasteiger partial charge in [0.15, 0.2) is 6.54 Å². The molecule has 1 aliphatic rings. The maximum Gasteiger partial charge on any atom is 0.341 e. The van der Waals surface area contributed by atoms with Crippen molar-refractivity contribution in [1.29, 1.82) is 0 Å². The predicted octanol–water partition coefficient (Wildman–Crippen LogP) is 1.20. The zero-order valence-electron chi connectivity index (χ0n) is 16.4. The number of carbonyl (C=O) groups is 2. The van der Waals surface area contributed by atoms with E-state index in [1.165, 1.54) is 23.3 Å². The Labute approximate surface area is 168 Å². The number of nitrogens with one attached hydrogen (secondary N) is 2. The van der Waals surface area contributed by atoms with Gasteiger partial charge in [-0.05, 0) is 43.7 Å². The summed E-state index contributed by atoms with van der Waals surface area (Å²) >= 11 is 1.40. The van der Waals surface area contributed by atoms with Gasteiger partial charge in [0.25, 0.3) is 5.91 Å². The van der Waals surface area contributed by atoms with Crippen molar-refractivity contribution in [2.24, 2.45) is 0 Å². The van der Waals surface area contributed by atoms with Crippen LogP contribution < -0.4 is 15.1 Å². The Morgan fingerprint density at radius 1 is 1.21 bits per heavy atom. The summed E-state index contributed by atoms with van der Waals surface area (Å²) in [5.41, 5.74) is 2.38. The number of methoxy groups -OCH3 is 1. The Balaban J connectivity index is 1.56. The van der Waals surface area contributed by atoms with E-state index in [0.29, 0.717) is 17.1 Å². The lowest BCUT2D eigenvalue weighted by atomic mass is 10.1. The number of anilines is 2. The lowest BCUT2D eigenvalue weighted by molar-refractivity contribution is -0.892. The van der Waals surface area contributed by atoms with E-state index >= 15 is 0 Å². The number of aryl methyl sites for hydroxylation is 1. The lowest BCUT2D eigenvalue weighted by Crippen LogP contribution is -3.15. The van der Waals surface area contributed by atoms with Gasteiger partial charge in [-0.1, -0.05) is 0 Å². The molecule has 0 atom stereocenters. The number of hydrogen-bond acceptors (Lipinski definition) is 6. The van der Waals surface area contributed by atoms with Gasteiger partial charge in [-0.3, -0.25) is 4.79 Å². The van der Waals surface area contributed by atoms with Crippen molar-refractivity contribution < 1.29 is 24.3 Å². The zero-order valence-corrected chi connectivity index (χ0v) is 17.2. The number of piperazine rings is 1. The Hall–Kier alpha value is -2.58. The van der Waals surface area contributed by atoms with Gasteiger partial charge < -0.3 is 25.0 Å². The van der Waals surface area contributed by atoms with Gasteiger partial charge in [-0.25, -0.2) is 4.79 Å². The second kappa shape index (κ2) is 8.62. The summed E-state index contributed by atoms with van der Waals surface area (Å²) in [5.74, 6) is -0.262. The molecule has 7 nitrogen and oxygen atoms in total. The summed E-state index contributed by atoms with van der Waals surface area (Å²) in [6, 6.07) is 7.18. The molecule has 3 rings (SSSR count). The van der Waals surface area contributed by atoms with Crippen LogP contribution >= 0.6 is 11.3 Å². The highest BCUT2D eigenvalue weighted by Crippen LogP contribution is 2.32. The van der Waals surface area contributed by atoms with Gasteiger partial charge in [0.2, 0.25) is 0 Å². The summed E-state index contributed by atoms with van der Waals surface area (Å²) in [5, 5.41) is 12.9. The molecule has 2 heterocycles. The highest BCUT2D eigenvalue weighted by atomic mass is 32.1. The lowest BCUT2D eigenvalue weighted by Gasteiger charge is -2.33. The highest BCUT2D eigenvalue weighted by molar-refractivity contribution is 7.16. The molecule has 28 heavy (non-hydrogen) atoms. The van der Waals surface area contributed by atoms with Gasteiger partial charge in [0.1, 0.15) is 10.8 Å². The van der Waals surface area contributed by atoms with Crippen LogP contribution in [0.2, 0.25) is 0 Å². The number of ether oxygens (including phenoxy) is 1. The number of esters is 1. The Morgan fingerprint density at radius 2 is 1.86 bits per heavy atom. The van der Waals surface area contributed by atoms with Crippen LogP contribution in [0.1, 0.15) is 20.8 Å². The van der Waals surface area contributed by atoms with Gasteiger partial charge in [0, 0.05) is 10.6 Å². The smallest absolute Gasteiger partial charge is 0.341 e. The maximum absolute atomic E-state index is 12.5. The molecule has 0 unspecified atom stereocenters. The number of quaternary nitrogens is 1. The first kappa shape index (κ1) is 20.2. The number of amides is 1. The molecule has 0 spiro atoms. The van der Waals surface area contributed by atoms with Crippen LogP contribution in [-0.4, -0.2) is 56.8 Å². The number of aromatic hydroxyl groups is 1. The SMILES string of the molecule is COC(=O)c1c(NC(=O)C[NH+]2CCN(c3ccc(O)cc3)CC2)sc(C)c1C. The summed E-state index contributed by atoms with van der Waals surface area (Å²) in [6.07, 6.45) is 0. The summed E-state index contributed by atoms with van der Waals surface area (Å²) < 4.78 is 4.85. The average Bonchev–Trinajstić information content (AvgIpc) is 2.95. The number of nitrogens with zero attached hydrogens (tertiary/aromatic N) is 1. The topological polar surface area (TPSA) is 83.3 Å². The van der Waals surface area contributed by atoms with Crippen molar-refractivity contribution in [3.63, 3.8) is 0 Å². The molecule has 1 fully saturated rings. The molecule has 0 radical (unpaired) electrons. The van der Waals surface area contributed by atoms with Crippen LogP contribution in [0.5, 0.6) is 5.75 Å². The molecule has 1 amide bonds. The van der Waals surface area contributed by atoms with Gasteiger partial charge in [-0.2, -0.15) is 0 Å². The number of carbonyl (C=O) groups excluding carboxylic acids is 2. The van der Waals surface area contributed by atoms with Crippen molar-refractivity contribution in [1.82, 2.24) is 0 Å².